The largest absolute Gasteiger partial charge is 0.376 e. The van der Waals surface area contributed by atoms with Gasteiger partial charge in [-0.2, -0.15) is 0 Å². The number of benzene rings is 1. The topological polar surface area (TPSA) is 76.1 Å². The van der Waals surface area contributed by atoms with Gasteiger partial charge in [-0.25, -0.2) is 0 Å². The van der Waals surface area contributed by atoms with Crippen LogP contribution in [0.4, 0.5) is 10.8 Å². The average Bonchev–Trinajstić information content (AvgIpc) is 3.38. The lowest BCUT2D eigenvalue weighted by Gasteiger charge is -2.08. The average molecular weight is 391 g/mol. The van der Waals surface area contributed by atoms with Crippen LogP contribution >= 0.6 is 23.1 Å². The molecule has 2 N–H and O–H groups in total. The number of hydrogen-bond acceptors (Lipinski definition) is 7. The van der Waals surface area contributed by atoms with Crippen molar-refractivity contribution in [3.8, 4) is 0 Å². The fourth-order valence-corrected chi connectivity index (χ4v) is 4.88. The maximum Gasteiger partial charge on any atom is 0.234 e. The summed E-state index contributed by atoms with van der Waals surface area (Å²) in [6.45, 7) is 1.61. The van der Waals surface area contributed by atoms with Gasteiger partial charge in [-0.05, 0) is 55.4 Å². The summed E-state index contributed by atoms with van der Waals surface area (Å²) in [5.74, 6) is 0.314. The van der Waals surface area contributed by atoms with Crippen LogP contribution in [0, 0.1) is 0 Å². The maximum absolute atomic E-state index is 12.2. The highest BCUT2D eigenvalue weighted by Crippen LogP contribution is 2.27. The summed E-state index contributed by atoms with van der Waals surface area (Å²) in [4.78, 5) is 12.2. The van der Waals surface area contributed by atoms with Crippen molar-refractivity contribution in [1.82, 2.24) is 10.2 Å². The Hall–Kier alpha value is -1.64. The molecule has 1 aromatic carbocycles. The van der Waals surface area contributed by atoms with Crippen molar-refractivity contribution >= 4 is 39.8 Å². The van der Waals surface area contributed by atoms with Crippen molar-refractivity contribution in [1.29, 1.82) is 0 Å². The van der Waals surface area contributed by atoms with Gasteiger partial charge in [0, 0.05) is 18.8 Å². The van der Waals surface area contributed by atoms with Crippen LogP contribution in [0.5, 0.6) is 0 Å². The maximum atomic E-state index is 12.2. The number of fused-ring (bicyclic) bond motifs is 1. The van der Waals surface area contributed by atoms with Crippen LogP contribution in [0.1, 0.15) is 30.4 Å². The molecule has 0 saturated carbocycles. The quantitative estimate of drug-likeness (QED) is 0.706. The van der Waals surface area contributed by atoms with Crippen LogP contribution in [0.25, 0.3) is 0 Å². The van der Waals surface area contributed by atoms with Gasteiger partial charge in [0.2, 0.25) is 11.0 Å². The molecule has 4 rings (SSSR count). The van der Waals surface area contributed by atoms with Crippen molar-refractivity contribution < 1.29 is 9.53 Å². The van der Waals surface area contributed by atoms with E-state index in [0.717, 1.165) is 54.0 Å². The summed E-state index contributed by atoms with van der Waals surface area (Å²) in [5.41, 5.74) is 3.66. The number of thioether (sulfide) groups is 1. The molecule has 8 heteroatoms. The third-order valence-corrected chi connectivity index (χ3v) is 6.63. The number of amides is 1. The second kappa shape index (κ2) is 8.37. The van der Waals surface area contributed by atoms with E-state index in [1.165, 1.54) is 40.6 Å². The van der Waals surface area contributed by atoms with Gasteiger partial charge in [-0.15, -0.1) is 10.2 Å². The van der Waals surface area contributed by atoms with E-state index >= 15 is 0 Å². The minimum Gasteiger partial charge on any atom is -0.376 e. The van der Waals surface area contributed by atoms with Crippen LogP contribution in [-0.4, -0.2) is 41.1 Å². The van der Waals surface area contributed by atoms with Crippen LogP contribution in [0.15, 0.2) is 22.5 Å². The molecular formula is C18H22N4O2S2. The molecule has 1 aliphatic carbocycles. The Kier molecular flexibility index (Phi) is 5.72. The van der Waals surface area contributed by atoms with Crippen LogP contribution < -0.4 is 10.6 Å². The molecule has 2 heterocycles. The number of nitrogens with one attached hydrogen (secondary N) is 2. The number of nitrogens with zero attached hydrogens (tertiary/aromatic N) is 2. The molecule has 0 bridgehead atoms. The third-order valence-electron chi connectivity index (χ3n) is 4.62. The Morgan fingerprint density at radius 1 is 1.27 bits per heavy atom. The number of aryl methyl sites for hydroxylation is 2. The van der Waals surface area contributed by atoms with E-state index in [-0.39, 0.29) is 12.0 Å². The van der Waals surface area contributed by atoms with Gasteiger partial charge in [-0.1, -0.05) is 29.2 Å². The molecule has 1 unspecified atom stereocenters. The number of anilines is 2. The second-order valence-corrected chi connectivity index (χ2v) is 8.76. The molecule has 1 fully saturated rings. The molecule has 0 radical (unpaired) electrons. The third kappa shape index (κ3) is 4.55. The molecule has 1 saturated heterocycles. The van der Waals surface area contributed by atoms with E-state index in [0.29, 0.717) is 5.75 Å². The molecule has 1 atom stereocenters. The second-order valence-electron chi connectivity index (χ2n) is 6.56. The highest BCUT2D eigenvalue weighted by Gasteiger charge is 2.16. The molecular weight excluding hydrogens is 368 g/mol. The molecule has 138 valence electrons. The first-order chi connectivity index (χ1) is 12.8. The Morgan fingerprint density at radius 2 is 2.19 bits per heavy atom. The monoisotopic (exact) mass is 390 g/mol. The van der Waals surface area contributed by atoms with Crippen LogP contribution in [0.2, 0.25) is 0 Å². The molecule has 1 aromatic heterocycles. The number of carbonyl (C=O) groups excluding carboxylic acids is 1. The van der Waals surface area contributed by atoms with E-state index in [4.69, 9.17) is 4.74 Å². The fraction of sp³-hybridized carbons (Fsp3) is 0.500. The van der Waals surface area contributed by atoms with Gasteiger partial charge < -0.3 is 15.4 Å². The summed E-state index contributed by atoms with van der Waals surface area (Å²) in [7, 11) is 0. The zero-order valence-electron chi connectivity index (χ0n) is 14.5. The van der Waals surface area contributed by atoms with E-state index < -0.39 is 0 Å². The summed E-state index contributed by atoms with van der Waals surface area (Å²) < 4.78 is 6.38. The van der Waals surface area contributed by atoms with Gasteiger partial charge in [0.15, 0.2) is 4.34 Å². The zero-order valence-corrected chi connectivity index (χ0v) is 16.1. The van der Waals surface area contributed by atoms with E-state index in [1.54, 1.807) is 0 Å². The predicted molar refractivity (Wildman–Crippen MR) is 105 cm³/mol. The standard InChI is InChI=1S/C18H22N4O2S2/c23-16(20-14-7-6-12-3-1-4-13(12)9-14)11-25-18-22-21-17(26-18)19-10-15-5-2-8-24-15/h6-7,9,15H,1-5,8,10-11H2,(H,19,21)(H,20,23). The normalized spacial score (nSPS) is 18.7. The van der Waals surface area contributed by atoms with Crippen LogP contribution in [0.3, 0.4) is 0 Å². The molecule has 26 heavy (non-hydrogen) atoms. The van der Waals surface area contributed by atoms with Gasteiger partial charge in [-0.3, -0.25) is 4.79 Å². The first-order valence-electron chi connectivity index (χ1n) is 9.00. The Balaban J connectivity index is 1.23. The van der Waals surface area contributed by atoms with Gasteiger partial charge in [0.1, 0.15) is 0 Å². The Bertz CT molecular complexity index is 774. The summed E-state index contributed by atoms with van der Waals surface area (Å²) in [6, 6.07) is 6.22. The van der Waals surface area contributed by atoms with Gasteiger partial charge >= 0.3 is 0 Å². The van der Waals surface area contributed by atoms with Gasteiger partial charge in [0.25, 0.3) is 0 Å². The number of carbonyl (C=O) groups is 1. The first-order valence-corrected chi connectivity index (χ1v) is 10.8. The molecule has 1 amide bonds. The Labute approximate surface area is 161 Å². The van der Waals surface area contributed by atoms with Crippen molar-refractivity contribution in [2.75, 3.05) is 29.5 Å². The summed E-state index contributed by atoms with van der Waals surface area (Å²) in [6.07, 6.45) is 5.97. The number of ether oxygens (including phenoxy) is 1. The van der Waals surface area contributed by atoms with E-state index in [2.05, 4.69) is 33.0 Å². The highest BCUT2D eigenvalue weighted by molar-refractivity contribution is 8.01. The SMILES string of the molecule is O=C(CSc1nnc(NCC2CCCO2)s1)Nc1ccc2c(c1)CCC2. The molecule has 2 aliphatic rings. The smallest absolute Gasteiger partial charge is 0.234 e. The van der Waals surface area contributed by atoms with Crippen molar-refractivity contribution in [3.05, 3.63) is 29.3 Å². The highest BCUT2D eigenvalue weighted by atomic mass is 32.2. The zero-order chi connectivity index (χ0) is 17.8. The van der Waals surface area contributed by atoms with E-state index in [9.17, 15) is 4.79 Å². The van der Waals surface area contributed by atoms with Crippen molar-refractivity contribution in [3.63, 3.8) is 0 Å². The fourth-order valence-electron chi connectivity index (χ4n) is 3.32. The Morgan fingerprint density at radius 3 is 3.08 bits per heavy atom. The number of rotatable bonds is 7. The van der Waals surface area contributed by atoms with Crippen LogP contribution in [-0.2, 0) is 22.4 Å². The van der Waals surface area contributed by atoms with E-state index in [1.807, 2.05) is 6.07 Å². The molecule has 1 aliphatic heterocycles. The number of aromatic nitrogens is 2. The summed E-state index contributed by atoms with van der Waals surface area (Å²) in [5, 5.41) is 15.3. The number of hydrogen-bond donors (Lipinski definition) is 2. The first kappa shape index (κ1) is 17.8. The lowest BCUT2D eigenvalue weighted by atomic mass is 10.1. The van der Waals surface area contributed by atoms with Crippen molar-refractivity contribution in [2.45, 2.75) is 42.5 Å². The molecule has 2 aromatic rings. The minimum atomic E-state index is -0.0167. The lowest BCUT2D eigenvalue weighted by Crippen LogP contribution is -2.18. The van der Waals surface area contributed by atoms with Gasteiger partial charge in [0.05, 0.1) is 11.9 Å². The summed E-state index contributed by atoms with van der Waals surface area (Å²) >= 11 is 2.89. The minimum absolute atomic E-state index is 0.0167. The van der Waals surface area contributed by atoms with Crippen molar-refractivity contribution in [2.24, 2.45) is 0 Å². The lowest BCUT2D eigenvalue weighted by molar-refractivity contribution is -0.113. The molecule has 6 nitrogen and oxygen atoms in total. The molecule has 0 spiro atoms. The predicted octanol–water partition coefficient (Wildman–Crippen LogP) is 3.35.